The van der Waals surface area contributed by atoms with E-state index in [9.17, 15) is 0 Å². The predicted molar refractivity (Wildman–Crippen MR) is 58.0 cm³/mol. The third-order valence-corrected chi connectivity index (χ3v) is 2.70. The van der Waals surface area contributed by atoms with Crippen LogP contribution in [0.2, 0.25) is 0 Å². The molecular weight excluding hydrogens is 162 g/mol. The Morgan fingerprint density at radius 1 is 1.31 bits per heavy atom. The van der Waals surface area contributed by atoms with Crippen LogP contribution in [0.15, 0.2) is 0 Å². The summed E-state index contributed by atoms with van der Waals surface area (Å²) in [5.74, 6) is 1.32. The number of rotatable bonds is 7. The molecule has 0 aromatic carbocycles. The Hall–Kier alpha value is -0.0800. The van der Waals surface area contributed by atoms with E-state index in [4.69, 9.17) is 4.74 Å². The maximum atomic E-state index is 5.25. The van der Waals surface area contributed by atoms with Gasteiger partial charge in [0, 0.05) is 13.2 Å². The molecular formula is C11H25NO. The van der Waals surface area contributed by atoms with Crippen molar-refractivity contribution >= 4 is 0 Å². The van der Waals surface area contributed by atoms with Crippen LogP contribution in [0.25, 0.3) is 0 Å². The molecule has 0 aliphatic heterocycles. The summed E-state index contributed by atoms with van der Waals surface area (Å²) in [4.78, 5) is 0. The van der Waals surface area contributed by atoms with E-state index in [2.05, 4.69) is 26.1 Å². The van der Waals surface area contributed by atoms with E-state index in [1.54, 1.807) is 7.11 Å². The third kappa shape index (κ3) is 4.63. The van der Waals surface area contributed by atoms with Crippen LogP contribution in [-0.2, 0) is 4.74 Å². The van der Waals surface area contributed by atoms with Gasteiger partial charge in [-0.15, -0.1) is 0 Å². The van der Waals surface area contributed by atoms with E-state index in [1.807, 2.05) is 7.05 Å². The smallest absolute Gasteiger partial charge is 0.0507 e. The summed E-state index contributed by atoms with van der Waals surface area (Å²) < 4.78 is 5.25. The highest BCUT2D eigenvalue weighted by molar-refractivity contribution is 4.76. The van der Waals surface area contributed by atoms with Crippen LogP contribution in [-0.4, -0.2) is 26.8 Å². The van der Waals surface area contributed by atoms with Gasteiger partial charge in [0.1, 0.15) is 0 Å². The van der Waals surface area contributed by atoms with E-state index >= 15 is 0 Å². The molecule has 2 heteroatoms. The highest BCUT2D eigenvalue weighted by atomic mass is 16.5. The number of methoxy groups -OCH3 is 1. The largest absolute Gasteiger partial charge is 0.384 e. The molecule has 2 atom stereocenters. The fourth-order valence-corrected chi connectivity index (χ4v) is 1.85. The van der Waals surface area contributed by atoms with E-state index in [-0.39, 0.29) is 0 Å². The van der Waals surface area contributed by atoms with Gasteiger partial charge in [-0.1, -0.05) is 27.2 Å². The van der Waals surface area contributed by atoms with Gasteiger partial charge < -0.3 is 10.1 Å². The molecule has 80 valence electrons. The molecule has 0 heterocycles. The quantitative estimate of drug-likeness (QED) is 0.660. The first kappa shape index (κ1) is 12.9. The summed E-state index contributed by atoms with van der Waals surface area (Å²) >= 11 is 0. The third-order valence-electron chi connectivity index (χ3n) is 2.70. The molecule has 0 aliphatic carbocycles. The molecule has 0 aromatic heterocycles. The van der Waals surface area contributed by atoms with Crippen LogP contribution >= 0.6 is 0 Å². The Labute approximate surface area is 83.1 Å². The second-order valence-electron chi connectivity index (χ2n) is 4.05. The summed E-state index contributed by atoms with van der Waals surface area (Å²) in [5.41, 5.74) is 0. The van der Waals surface area contributed by atoms with Gasteiger partial charge in [0.05, 0.1) is 6.61 Å². The standard InChI is InChI=1S/C11H25NO/c1-6-7-11(12-4)10(8-13-5)9(2)3/h9-12H,6-8H2,1-5H3. The topological polar surface area (TPSA) is 21.3 Å². The summed E-state index contributed by atoms with van der Waals surface area (Å²) in [6, 6.07) is 0.602. The Morgan fingerprint density at radius 3 is 2.23 bits per heavy atom. The monoisotopic (exact) mass is 187 g/mol. The maximum absolute atomic E-state index is 5.25. The Morgan fingerprint density at radius 2 is 1.92 bits per heavy atom. The van der Waals surface area contributed by atoms with Crippen molar-refractivity contribution < 1.29 is 4.74 Å². The molecule has 0 fully saturated rings. The lowest BCUT2D eigenvalue weighted by molar-refractivity contribution is 0.103. The average Bonchev–Trinajstić information content (AvgIpc) is 2.10. The lowest BCUT2D eigenvalue weighted by Crippen LogP contribution is -2.38. The van der Waals surface area contributed by atoms with Gasteiger partial charge in [-0.2, -0.15) is 0 Å². The molecule has 13 heavy (non-hydrogen) atoms. The Kier molecular flexibility index (Phi) is 7.29. The first-order valence-corrected chi connectivity index (χ1v) is 5.33. The van der Waals surface area contributed by atoms with E-state index in [0.29, 0.717) is 17.9 Å². The van der Waals surface area contributed by atoms with E-state index in [1.165, 1.54) is 12.8 Å². The normalized spacial score (nSPS) is 16.2. The summed E-state index contributed by atoms with van der Waals surface area (Å²) in [7, 11) is 3.83. The molecule has 0 saturated carbocycles. The number of ether oxygens (including phenoxy) is 1. The molecule has 0 spiro atoms. The zero-order valence-corrected chi connectivity index (χ0v) is 9.76. The van der Waals surface area contributed by atoms with Gasteiger partial charge in [-0.3, -0.25) is 0 Å². The van der Waals surface area contributed by atoms with Crippen LogP contribution in [0.3, 0.4) is 0 Å². The number of hydrogen-bond acceptors (Lipinski definition) is 2. The highest BCUT2D eigenvalue weighted by Crippen LogP contribution is 2.18. The molecule has 0 amide bonds. The minimum atomic E-state index is 0.602. The molecule has 0 aliphatic rings. The minimum Gasteiger partial charge on any atom is -0.384 e. The second-order valence-corrected chi connectivity index (χ2v) is 4.05. The van der Waals surface area contributed by atoms with Crippen molar-refractivity contribution in [1.82, 2.24) is 5.32 Å². The number of hydrogen-bond donors (Lipinski definition) is 1. The first-order valence-electron chi connectivity index (χ1n) is 5.33. The van der Waals surface area contributed by atoms with Crippen molar-refractivity contribution in [3.8, 4) is 0 Å². The summed E-state index contributed by atoms with van der Waals surface area (Å²) in [5, 5.41) is 3.39. The van der Waals surface area contributed by atoms with Crippen molar-refractivity contribution in [2.45, 2.75) is 39.7 Å². The molecule has 1 N–H and O–H groups in total. The maximum Gasteiger partial charge on any atom is 0.0507 e. The van der Waals surface area contributed by atoms with E-state index < -0.39 is 0 Å². The molecule has 2 nitrogen and oxygen atoms in total. The van der Waals surface area contributed by atoms with Crippen molar-refractivity contribution in [2.75, 3.05) is 20.8 Å². The van der Waals surface area contributed by atoms with Crippen molar-refractivity contribution in [3.63, 3.8) is 0 Å². The second kappa shape index (κ2) is 7.34. The predicted octanol–water partition coefficient (Wildman–Crippen LogP) is 2.29. The van der Waals surface area contributed by atoms with Crippen molar-refractivity contribution in [3.05, 3.63) is 0 Å². The molecule has 0 bridgehead atoms. The zero-order chi connectivity index (χ0) is 10.3. The van der Waals surface area contributed by atoms with Crippen LogP contribution < -0.4 is 5.32 Å². The van der Waals surface area contributed by atoms with Crippen molar-refractivity contribution in [1.29, 1.82) is 0 Å². The zero-order valence-electron chi connectivity index (χ0n) is 9.76. The highest BCUT2D eigenvalue weighted by Gasteiger charge is 2.22. The van der Waals surface area contributed by atoms with Crippen LogP contribution in [0.5, 0.6) is 0 Å². The lowest BCUT2D eigenvalue weighted by atomic mass is 9.87. The fraction of sp³-hybridized carbons (Fsp3) is 1.00. The Bertz CT molecular complexity index is 115. The van der Waals surface area contributed by atoms with Crippen molar-refractivity contribution in [2.24, 2.45) is 11.8 Å². The molecule has 0 aromatic rings. The summed E-state index contributed by atoms with van der Waals surface area (Å²) in [6.45, 7) is 7.63. The van der Waals surface area contributed by atoms with Gasteiger partial charge in [0.2, 0.25) is 0 Å². The van der Waals surface area contributed by atoms with Gasteiger partial charge >= 0.3 is 0 Å². The minimum absolute atomic E-state index is 0.602. The molecule has 2 unspecified atom stereocenters. The SMILES string of the molecule is CCCC(NC)C(COC)C(C)C. The average molecular weight is 187 g/mol. The Balaban J connectivity index is 4.11. The summed E-state index contributed by atoms with van der Waals surface area (Å²) in [6.07, 6.45) is 2.47. The van der Waals surface area contributed by atoms with Gasteiger partial charge in [0.15, 0.2) is 0 Å². The molecule has 0 saturated heterocycles. The van der Waals surface area contributed by atoms with Crippen LogP contribution in [0, 0.1) is 11.8 Å². The van der Waals surface area contributed by atoms with Crippen LogP contribution in [0.4, 0.5) is 0 Å². The number of nitrogens with one attached hydrogen (secondary N) is 1. The van der Waals surface area contributed by atoms with Crippen LogP contribution in [0.1, 0.15) is 33.6 Å². The van der Waals surface area contributed by atoms with Gasteiger partial charge in [-0.25, -0.2) is 0 Å². The fourth-order valence-electron chi connectivity index (χ4n) is 1.85. The lowest BCUT2D eigenvalue weighted by Gasteiger charge is -2.29. The van der Waals surface area contributed by atoms with E-state index in [0.717, 1.165) is 6.61 Å². The van der Waals surface area contributed by atoms with Gasteiger partial charge in [0.25, 0.3) is 0 Å². The molecule has 0 rings (SSSR count). The first-order chi connectivity index (χ1) is 6.17. The van der Waals surface area contributed by atoms with Gasteiger partial charge in [-0.05, 0) is 25.3 Å². The molecule has 0 radical (unpaired) electrons.